The highest BCUT2D eigenvalue weighted by Crippen LogP contribution is 2.35. The second kappa shape index (κ2) is 9.74. The van der Waals surface area contributed by atoms with Crippen molar-refractivity contribution in [1.82, 2.24) is 4.98 Å². The van der Waals surface area contributed by atoms with Crippen LogP contribution in [0, 0.1) is 5.82 Å². The second-order valence-electron chi connectivity index (χ2n) is 6.48. The standard InChI is InChI=1S/C21H24FNO3S/c1-2-25-21(24)12-10-15-9-11-17(13-19(15)22)26-14-16-5-3-8-20(23-16)27-18-6-4-7-18/h3,5,8-9,11,13,18H,2,4,6-7,10,12,14H2,1H3. The number of rotatable bonds is 9. The topological polar surface area (TPSA) is 48.4 Å². The Morgan fingerprint density at radius 3 is 2.85 bits per heavy atom. The van der Waals surface area contributed by atoms with Crippen molar-refractivity contribution in [2.24, 2.45) is 0 Å². The molecule has 0 radical (unpaired) electrons. The largest absolute Gasteiger partial charge is 0.487 e. The Labute approximate surface area is 163 Å². The summed E-state index contributed by atoms with van der Waals surface area (Å²) < 4.78 is 24.8. The average Bonchev–Trinajstić information content (AvgIpc) is 2.63. The van der Waals surface area contributed by atoms with Gasteiger partial charge in [-0.1, -0.05) is 18.6 Å². The van der Waals surface area contributed by atoms with Crippen LogP contribution in [-0.4, -0.2) is 22.8 Å². The van der Waals surface area contributed by atoms with Crippen LogP contribution in [0.4, 0.5) is 4.39 Å². The van der Waals surface area contributed by atoms with Gasteiger partial charge in [0.25, 0.3) is 0 Å². The van der Waals surface area contributed by atoms with Gasteiger partial charge in [0.05, 0.1) is 17.3 Å². The van der Waals surface area contributed by atoms with Crippen molar-refractivity contribution in [3.63, 3.8) is 0 Å². The summed E-state index contributed by atoms with van der Waals surface area (Å²) in [6, 6.07) is 10.6. The molecule has 1 aliphatic rings. The van der Waals surface area contributed by atoms with Gasteiger partial charge in [0.1, 0.15) is 18.2 Å². The molecule has 0 N–H and O–H groups in total. The Morgan fingerprint density at radius 2 is 2.15 bits per heavy atom. The Morgan fingerprint density at radius 1 is 1.30 bits per heavy atom. The van der Waals surface area contributed by atoms with Crippen molar-refractivity contribution in [2.75, 3.05) is 6.61 Å². The number of benzene rings is 1. The summed E-state index contributed by atoms with van der Waals surface area (Å²) in [7, 11) is 0. The van der Waals surface area contributed by atoms with E-state index in [1.54, 1.807) is 19.1 Å². The molecule has 27 heavy (non-hydrogen) atoms. The minimum Gasteiger partial charge on any atom is -0.487 e. The molecule has 4 nitrogen and oxygen atoms in total. The molecule has 0 atom stereocenters. The van der Waals surface area contributed by atoms with E-state index in [1.807, 2.05) is 30.0 Å². The molecule has 6 heteroatoms. The number of esters is 1. The van der Waals surface area contributed by atoms with Gasteiger partial charge < -0.3 is 9.47 Å². The van der Waals surface area contributed by atoms with Gasteiger partial charge in [0.2, 0.25) is 0 Å². The van der Waals surface area contributed by atoms with E-state index in [-0.39, 0.29) is 18.2 Å². The molecule has 0 amide bonds. The van der Waals surface area contributed by atoms with Crippen LogP contribution in [0.3, 0.4) is 0 Å². The van der Waals surface area contributed by atoms with Gasteiger partial charge in [-0.3, -0.25) is 4.79 Å². The first-order valence-electron chi connectivity index (χ1n) is 9.33. The molecule has 144 valence electrons. The number of ether oxygens (including phenoxy) is 2. The minimum absolute atomic E-state index is 0.167. The van der Waals surface area contributed by atoms with Gasteiger partial charge in [-0.15, -0.1) is 11.8 Å². The predicted octanol–water partition coefficient (Wildman–Crippen LogP) is 4.94. The third kappa shape index (κ3) is 5.96. The smallest absolute Gasteiger partial charge is 0.306 e. The number of carbonyl (C=O) groups is 1. The van der Waals surface area contributed by atoms with E-state index in [1.165, 1.54) is 25.3 Å². The fourth-order valence-corrected chi connectivity index (χ4v) is 3.95. The maximum absolute atomic E-state index is 14.2. The van der Waals surface area contributed by atoms with E-state index < -0.39 is 0 Å². The lowest BCUT2D eigenvalue weighted by Gasteiger charge is -2.24. The van der Waals surface area contributed by atoms with Crippen LogP contribution in [0.5, 0.6) is 5.75 Å². The Hall–Kier alpha value is -2.08. The van der Waals surface area contributed by atoms with E-state index in [4.69, 9.17) is 9.47 Å². The molecule has 3 rings (SSSR count). The van der Waals surface area contributed by atoms with Gasteiger partial charge in [0, 0.05) is 17.7 Å². The van der Waals surface area contributed by atoms with Crippen LogP contribution in [0.1, 0.15) is 43.9 Å². The zero-order chi connectivity index (χ0) is 19.1. The lowest BCUT2D eigenvalue weighted by atomic mass is 10.0. The molecule has 1 aliphatic carbocycles. The molecule has 1 saturated carbocycles. The monoisotopic (exact) mass is 389 g/mol. The van der Waals surface area contributed by atoms with Crippen LogP contribution in [0.2, 0.25) is 0 Å². The van der Waals surface area contributed by atoms with Crippen LogP contribution >= 0.6 is 11.8 Å². The van der Waals surface area contributed by atoms with Gasteiger partial charge in [-0.05, 0) is 49.9 Å². The number of hydrogen-bond acceptors (Lipinski definition) is 5. The van der Waals surface area contributed by atoms with Crippen molar-refractivity contribution in [3.8, 4) is 5.75 Å². The number of aryl methyl sites for hydroxylation is 1. The molecule has 0 spiro atoms. The normalized spacial score (nSPS) is 13.9. The van der Waals surface area contributed by atoms with Crippen LogP contribution in [0.25, 0.3) is 0 Å². The van der Waals surface area contributed by atoms with Crippen molar-refractivity contribution < 1.29 is 18.7 Å². The van der Waals surface area contributed by atoms with E-state index in [0.29, 0.717) is 36.2 Å². The molecule has 0 unspecified atom stereocenters. The molecule has 0 saturated heterocycles. The number of pyridine rings is 1. The minimum atomic E-state index is -0.376. The van der Waals surface area contributed by atoms with Crippen molar-refractivity contribution in [1.29, 1.82) is 0 Å². The molecule has 0 bridgehead atoms. The quantitative estimate of drug-likeness (QED) is 0.569. The third-order valence-electron chi connectivity index (χ3n) is 4.44. The second-order valence-corrected chi connectivity index (χ2v) is 7.81. The van der Waals surface area contributed by atoms with Gasteiger partial charge in [-0.25, -0.2) is 9.37 Å². The number of carbonyl (C=O) groups excluding carboxylic acids is 1. The number of thioether (sulfide) groups is 1. The predicted molar refractivity (Wildman–Crippen MR) is 103 cm³/mol. The number of hydrogen-bond donors (Lipinski definition) is 0. The first-order chi connectivity index (χ1) is 13.1. The number of halogens is 1. The van der Waals surface area contributed by atoms with E-state index in [0.717, 1.165) is 10.7 Å². The highest BCUT2D eigenvalue weighted by atomic mass is 32.2. The SMILES string of the molecule is CCOC(=O)CCc1ccc(OCc2cccc(SC3CCC3)n2)cc1F. The number of aromatic nitrogens is 1. The molecule has 1 fully saturated rings. The lowest BCUT2D eigenvalue weighted by Crippen LogP contribution is -2.13. The van der Waals surface area contributed by atoms with Crippen LogP contribution in [0.15, 0.2) is 41.4 Å². The molecular weight excluding hydrogens is 365 g/mol. The third-order valence-corrected chi connectivity index (χ3v) is 5.71. The maximum Gasteiger partial charge on any atom is 0.306 e. The Bertz CT molecular complexity index is 780. The molecule has 1 aromatic heterocycles. The summed E-state index contributed by atoms with van der Waals surface area (Å²) >= 11 is 1.82. The Kier molecular flexibility index (Phi) is 7.10. The Balaban J connectivity index is 1.52. The molecule has 1 aromatic carbocycles. The molecular formula is C21H24FNO3S. The fourth-order valence-electron chi connectivity index (χ4n) is 2.71. The zero-order valence-electron chi connectivity index (χ0n) is 15.4. The first kappa shape index (κ1) is 19.7. The summed E-state index contributed by atoms with van der Waals surface area (Å²) in [5.74, 6) is -0.242. The van der Waals surface area contributed by atoms with Crippen LogP contribution < -0.4 is 4.74 Å². The lowest BCUT2D eigenvalue weighted by molar-refractivity contribution is -0.143. The zero-order valence-corrected chi connectivity index (χ0v) is 16.3. The maximum atomic E-state index is 14.2. The van der Waals surface area contributed by atoms with Gasteiger partial charge in [0.15, 0.2) is 0 Å². The van der Waals surface area contributed by atoms with Crippen molar-refractivity contribution in [3.05, 3.63) is 53.5 Å². The highest BCUT2D eigenvalue weighted by molar-refractivity contribution is 7.99. The molecule has 2 aromatic rings. The van der Waals surface area contributed by atoms with Gasteiger partial charge in [-0.2, -0.15) is 0 Å². The van der Waals surface area contributed by atoms with Crippen LogP contribution in [-0.2, 0) is 22.6 Å². The summed E-state index contributed by atoms with van der Waals surface area (Å²) in [6.45, 7) is 2.38. The fraction of sp³-hybridized carbons (Fsp3) is 0.429. The summed E-state index contributed by atoms with van der Waals surface area (Å²) in [5, 5.41) is 1.70. The average molecular weight is 389 g/mol. The summed E-state index contributed by atoms with van der Waals surface area (Å²) in [4.78, 5) is 16.0. The van der Waals surface area contributed by atoms with Gasteiger partial charge >= 0.3 is 5.97 Å². The first-order valence-corrected chi connectivity index (χ1v) is 10.2. The van der Waals surface area contributed by atoms with Crippen molar-refractivity contribution in [2.45, 2.75) is 55.9 Å². The summed E-state index contributed by atoms with van der Waals surface area (Å²) in [6.07, 6.45) is 4.30. The summed E-state index contributed by atoms with van der Waals surface area (Å²) in [5.41, 5.74) is 1.30. The van der Waals surface area contributed by atoms with Crippen molar-refractivity contribution >= 4 is 17.7 Å². The van der Waals surface area contributed by atoms with E-state index in [2.05, 4.69) is 4.98 Å². The highest BCUT2D eigenvalue weighted by Gasteiger charge is 2.19. The molecule has 1 heterocycles. The number of nitrogens with zero attached hydrogens (tertiary/aromatic N) is 1. The molecule has 0 aliphatic heterocycles. The van der Waals surface area contributed by atoms with E-state index in [9.17, 15) is 9.18 Å². The van der Waals surface area contributed by atoms with E-state index >= 15 is 0 Å².